The first-order chi connectivity index (χ1) is 13.2. The molecule has 2 atom stereocenters. The predicted octanol–water partition coefficient (Wildman–Crippen LogP) is 1.03. The van der Waals surface area contributed by atoms with Gasteiger partial charge in [-0.15, -0.1) is 0 Å². The highest BCUT2D eigenvalue weighted by molar-refractivity contribution is 5.78. The third-order valence-corrected chi connectivity index (χ3v) is 5.63. The highest BCUT2D eigenvalue weighted by atomic mass is 16.2. The van der Waals surface area contributed by atoms with E-state index in [0.29, 0.717) is 18.7 Å². The molecule has 1 aromatic carbocycles. The van der Waals surface area contributed by atoms with Crippen LogP contribution in [0.5, 0.6) is 0 Å². The van der Waals surface area contributed by atoms with Crippen molar-refractivity contribution in [1.82, 2.24) is 20.0 Å². The highest BCUT2D eigenvalue weighted by Crippen LogP contribution is 2.28. The van der Waals surface area contributed by atoms with E-state index >= 15 is 0 Å². The molecule has 2 amide bonds. The number of nitrogens with zero attached hydrogens (tertiary/aromatic N) is 4. The summed E-state index contributed by atoms with van der Waals surface area (Å²) in [4.78, 5) is 19.3. The van der Waals surface area contributed by atoms with Gasteiger partial charge in [-0.3, -0.25) is 4.90 Å². The highest BCUT2D eigenvalue weighted by Gasteiger charge is 2.38. The number of nitrogens with two attached hydrogens (primary N) is 1. The van der Waals surface area contributed by atoms with E-state index in [2.05, 4.69) is 22.4 Å². The maximum Gasteiger partial charge on any atom is 0.326 e. The first kappa shape index (κ1) is 17.8. The summed E-state index contributed by atoms with van der Waals surface area (Å²) < 4.78 is 0. The minimum atomic E-state index is 0.0193. The number of carbonyl (C=O) groups is 1. The van der Waals surface area contributed by atoms with Crippen LogP contribution in [0.2, 0.25) is 0 Å². The number of nitriles is 1. The molecule has 3 N–H and O–H groups in total. The molecule has 0 spiro atoms. The Hall–Kier alpha value is -2.56. The number of hydrogen-bond donors (Lipinski definition) is 2. The molecule has 3 aliphatic heterocycles. The molecule has 3 aliphatic rings. The quantitative estimate of drug-likeness (QED) is 0.834. The van der Waals surface area contributed by atoms with Gasteiger partial charge in [0.2, 0.25) is 0 Å². The smallest absolute Gasteiger partial charge is 0.326 e. The first-order valence-corrected chi connectivity index (χ1v) is 9.66. The van der Waals surface area contributed by atoms with E-state index in [-0.39, 0.29) is 18.1 Å². The van der Waals surface area contributed by atoms with Crippen LogP contribution in [-0.4, -0.2) is 65.5 Å². The van der Waals surface area contributed by atoms with Crippen molar-refractivity contribution in [1.29, 1.82) is 5.26 Å². The van der Waals surface area contributed by atoms with E-state index in [0.717, 1.165) is 50.4 Å². The average molecular weight is 366 g/mol. The third kappa shape index (κ3) is 3.51. The fraction of sp³-hybridized carbons (Fsp3) is 0.500. The Morgan fingerprint density at radius 2 is 2.15 bits per heavy atom. The number of piperazine rings is 1. The molecular weight excluding hydrogens is 340 g/mol. The van der Waals surface area contributed by atoms with E-state index in [1.165, 1.54) is 0 Å². The van der Waals surface area contributed by atoms with Gasteiger partial charge < -0.3 is 20.9 Å². The second-order valence-corrected chi connectivity index (χ2v) is 7.48. The number of urea groups is 1. The Kier molecular flexibility index (Phi) is 5.01. The lowest BCUT2D eigenvalue weighted by molar-refractivity contribution is 0.101. The summed E-state index contributed by atoms with van der Waals surface area (Å²) >= 11 is 0. The summed E-state index contributed by atoms with van der Waals surface area (Å²) in [6.07, 6.45) is 4.24. The topological polar surface area (TPSA) is 88.6 Å². The molecule has 0 aromatic heterocycles. The largest absolute Gasteiger partial charge is 0.357 e. The standard InChI is InChI=1S/C20H26N6O/c21-11-15-4-1-2-5-16(15)13-26-19(24-8-3-6-17(22)14-24)10-18-12-23-7-9-25(18)20(26)27/h1-2,4-5,10,17-18,23H,3,6-9,12-14,22H2/t17-,18?/m1/s1. The number of rotatable bonds is 3. The van der Waals surface area contributed by atoms with Crippen LogP contribution in [0, 0.1) is 11.3 Å². The summed E-state index contributed by atoms with van der Waals surface area (Å²) in [6, 6.07) is 9.96. The number of carbonyl (C=O) groups excluding carboxylic acids is 1. The van der Waals surface area contributed by atoms with Gasteiger partial charge >= 0.3 is 6.03 Å². The van der Waals surface area contributed by atoms with Crippen LogP contribution in [0.4, 0.5) is 4.79 Å². The lowest BCUT2D eigenvalue weighted by atomic mass is 10.0. The lowest BCUT2D eigenvalue weighted by Crippen LogP contribution is -2.61. The fourth-order valence-electron chi connectivity index (χ4n) is 4.21. The number of piperidine rings is 1. The molecule has 7 heteroatoms. The molecule has 7 nitrogen and oxygen atoms in total. The van der Waals surface area contributed by atoms with Gasteiger partial charge in [0.05, 0.1) is 24.2 Å². The number of likely N-dealkylation sites (tertiary alicyclic amines) is 1. The zero-order chi connectivity index (χ0) is 18.8. The average Bonchev–Trinajstić information content (AvgIpc) is 2.70. The van der Waals surface area contributed by atoms with Gasteiger partial charge in [0.15, 0.2) is 0 Å². The van der Waals surface area contributed by atoms with Crippen LogP contribution in [0.3, 0.4) is 0 Å². The number of benzene rings is 1. The van der Waals surface area contributed by atoms with Crippen molar-refractivity contribution in [3.05, 3.63) is 47.3 Å². The normalized spacial score (nSPS) is 25.7. The molecular formula is C20H26N6O. The van der Waals surface area contributed by atoms with Crippen LogP contribution in [0.25, 0.3) is 0 Å². The Labute approximate surface area is 160 Å². The molecule has 2 fully saturated rings. The monoisotopic (exact) mass is 366 g/mol. The Bertz CT molecular complexity index is 785. The maximum absolute atomic E-state index is 13.3. The molecule has 4 rings (SSSR count). The first-order valence-electron chi connectivity index (χ1n) is 9.66. The maximum atomic E-state index is 13.3. The molecule has 1 aromatic rings. The van der Waals surface area contributed by atoms with Gasteiger partial charge in [-0.1, -0.05) is 18.2 Å². The zero-order valence-corrected chi connectivity index (χ0v) is 15.5. The molecule has 0 saturated carbocycles. The van der Waals surface area contributed by atoms with Gasteiger partial charge in [-0.25, -0.2) is 4.79 Å². The second-order valence-electron chi connectivity index (χ2n) is 7.48. The number of nitrogens with one attached hydrogen (secondary N) is 1. The SMILES string of the molecule is N#Cc1ccccc1CN1C(=O)N2CCNCC2C=C1N1CCC[C@@H](N)C1. The van der Waals surface area contributed by atoms with E-state index in [1.54, 1.807) is 6.07 Å². The lowest BCUT2D eigenvalue weighted by Gasteiger charge is -2.47. The number of amides is 2. The van der Waals surface area contributed by atoms with Gasteiger partial charge in [-0.05, 0) is 30.5 Å². The van der Waals surface area contributed by atoms with E-state index in [9.17, 15) is 10.1 Å². The van der Waals surface area contributed by atoms with Gasteiger partial charge in [0.1, 0.15) is 5.82 Å². The molecule has 142 valence electrons. The molecule has 0 bridgehead atoms. The van der Waals surface area contributed by atoms with Crippen molar-refractivity contribution in [2.45, 2.75) is 31.5 Å². The summed E-state index contributed by atoms with van der Waals surface area (Å²) in [6.45, 7) is 4.35. The number of hydrogen-bond acceptors (Lipinski definition) is 5. The van der Waals surface area contributed by atoms with Crippen molar-refractivity contribution < 1.29 is 4.79 Å². The molecule has 0 aliphatic carbocycles. The Morgan fingerprint density at radius 3 is 2.96 bits per heavy atom. The van der Waals surface area contributed by atoms with Gasteiger partial charge in [0.25, 0.3) is 0 Å². The minimum Gasteiger partial charge on any atom is -0.357 e. The van der Waals surface area contributed by atoms with Crippen molar-refractivity contribution in [2.24, 2.45) is 5.73 Å². The molecule has 27 heavy (non-hydrogen) atoms. The fourth-order valence-corrected chi connectivity index (χ4v) is 4.21. The molecule has 2 saturated heterocycles. The van der Waals surface area contributed by atoms with Crippen molar-refractivity contribution in [3.8, 4) is 6.07 Å². The van der Waals surface area contributed by atoms with Crippen molar-refractivity contribution in [3.63, 3.8) is 0 Å². The van der Waals surface area contributed by atoms with Crippen LogP contribution in [0.15, 0.2) is 36.2 Å². The predicted molar refractivity (Wildman–Crippen MR) is 102 cm³/mol. The minimum absolute atomic E-state index is 0.0193. The third-order valence-electron chi connectivity index (χ3n) is 5.63. The molecule has 0 radical (unpaired) electrons. The van der Waals surface area contributed by atoms with Crippen LogP contribution in [0.1, 0.15) is 24.0 Å². The Morgan fingerprint density at radius 1 is 1.30 bits per heavy atom. The van der Waals surface area contributed by atoms with Crippen molar-refractivity contribution >= 4 is 6.03 Å². The summed E-state index contributed by atoms with van der Waals surface area (Å²) in [5.74, 6) is 0.938. The van der Waals surface area contributed by atoms with Gasteiger partial charge in [-0.2, -0.15) is 5.26 Å². The summed E-state index contributed by atoms with van der Waals surface area (Å²) in [5.41, 5.74) is 7.69. The van der Waals surface area contributed by atoms with Crippen molar-refractivity contribution in [2.75, 3.05) is 32.7 Å². The molecule has 3 heterocycles. The molecule has 1 unspecified atom stereocenters. The van der Waals surface area contributed by atoms with Crippen LogP contribution >= 0.6 is 0 Å². The zero-order valence-electron chi connectivity index (χ0n) is 15.5. The summed E-state index contributed by atoms with van der Waals surface area (Å²) in [5, 5.41) is 12.8. The van der Waals surface area contributed by atoms with Crippen LogP contribution in [-0.2, 0) is 6.54 Å². The Balaban J connectivity index is 1.68. The summed E-state index contributed by atoms with van der Waals surface area (Å²) in [7, 11) is 0. The van der Waals surface area contributed by atoms with E-state index in [1.807, 2.05) is 28.0 Å². The van der Waals surface area contributed by atoms with Crippen LogP contribution < -0.4 is 11.1 Å². The van der Waals surface area contributed by atoms with E-state index < -0.39 is 0 Å². The van der Waals surface area contributed by atoms with Gasteiger partial charge in [0, 0.05) is 38.8 Å². The number of fused-ring (bicyclic) bond motifs is 1. The second kappa shape index (κ2) is 7.59. The van der Waals surface area contributed by atoms with E-state index in [4.69, 9.17) is 5.73 Å².